The molecule has 0 amide bonds. The molecular formula is C24H24OSi. The van der Waals surface area contributed by atoms with Gasteiger partial charge in [0.15, 0.2) is 13.9 Å². The summed E-state index contributed by atoms with van der Waals surface area (Å²) >= 11 is 0. The minimum Gasteiger partial charge on any atom is -0.395 e. The van der Waals surface area contributed by atoms with Gasteiger partial charge in [-0.3, -0.25) is 0 Å². The average molecular weight is 357 g/mol. The first kappa shape index (κ1) is 18.2. The quantitative estimate of drug-likeness (QED) is 0.422. The zero-order valence-electron chi connectivity index (χ0n) is 15.6. The van der Waals surface area contributed by atoms with Crippen LogP contribution in [0.2, 0.25) is 19.6 Å². The molecule has 130 valence electrons. The summed E-state index contributed by atoms with van der Waals surface area (Å²) in [5.74, 6) is 6.85. The summed E-state index contributed by atoms with van der Waals surface area (Å²) in [4.78, 5) is 0. The second kappa shape index (κ2) is 7.74. The predicted octanol–water partition coefficient (Wildman–Crippen LogP) is 5.83. The van der Waals surface area contributed by atoms with Crippen molar-refractivity contribution in [3.63, 3.8) is 0 Å². The Hall–Kier alpha value is -2.60. The van der Waals surface area contributed by atoms with Gasteiger partial charge in [0, 0.05) is 5.56 Å². The van der Waals surface area contributed by atoms with Gasteiger partial charge in [-0.15, -0.1) is 0 Å². The molecule has 0 aliphatic heterocycles. The molecule has 0 spiro atoms. The van der Waals surface area contributed by atoms with E-state index in [1.54, 1.807) is 0 Å². The third-order valence-corrected chi connectivity index (χ3v) is 4.90. The lowest BCUT2D eigenvalue weighted by Crippen LogP contribution is -2.40. The number of benzene rings is 3. The molecule has 0 heterocycles. The second-order valence-electron chi connectivity index (χ2n) is 7.24. The van der Waals surface area contributed by atoms with Gasteiger partial charge in [0.25, 0.3) is 0 Å². The van der Waals surface area contributed by atoms with Gasteiger partial charge in [0.1, 0.15) is 0 Å². The highest BCUT2D eigenvalue weighted by Gasteiger charge is 2.38. The molecule has 2 heteroatoms. The highest BCUT2D eigenvalue weighted by molar-refractivity contribution is 6.69. The van der Waals surface area contributed by atoms with E-state index in [1.807, 2.05) is 66.7 Å². The van der Waals surface area contributed by atoms with Crippen LogP contribution in [-0.2, 0) is 10.0 Å². The largest absolute Gasteiger partial charge is 0.395 e. The molecule has 1 nitrogen and oxygen atoms in total. The molecule has 0 radical (unpaired) electrons. The summed E-state index contributed by atoms with van der Waals surface area (Å²) in [5, 5.41) is 0. The van der Waals surface area contributed by atoms with Crippen molar-refractivity contribution in [2.45, 2.75) is 25.2 Å². The molecule has 3 aromatic rings. The lowest BCUT2D eigenvalue weighted by Gasteiger charge is -2.36. The fourth-order valence-electron chi connectivity index (χ4n) is 2.94. The van der Waals surface area contributed by atoms with Crippen LogP contribution >= 0.6 is 0 Å². The van der Waals surface area contributed by atoms with Crippen molar-refractivity contribution in [3.05, 3.63) is 108 Å². The molecule has 0 aromatic heterocycles. The molecule has 26 heavy (non-hydrogen) atoms. The van der Waals surface area contributed by atoms with E-state index in [4.69, 9.17) is 4.43 Å². The van der Waals surface area contributed by atoms with Crippen LogP contribution in [0.5, 0.6) is 0 Å². The maximum absolute atomic E-state index is 6.78. The van der Waals surface area contributed by atoms with Crippen molar-refractivity contribution in [1.82, 2.24) is 0 Å². The van der Waals surface area contributed by atoms with Crippen LogP contribution in [-0.4, -0.2) is 8.32 Å². The smallest absolute Gasteiger partial charge is 0.186 e. The Bertz CT molecular complexity index is 845. The molecule has 0 saturated carbocycles. The van der Waals surface area contributed by atoms with Crippen LogP contribution in [0, 0.1) is 11.8 Å². The predicted molar refractivity (Wildman–Crippen MR) is 111 cm³/mol. The zero-order chi connectivity index (χ0) is 18.5. The van der Waals surface area contributed by atoms with Crippen molar-refractivity contribution < 1.29 is 4.43 Å². The molecule has 0 saturated heterocycles. The van der Waals surface area contributed by atoms with Gasteiger partial charge in [-0.1, -0.05) is 90.7 Å². The Morgan fingerprint density at radius 1 is 0.654 bits per heavy atom. The summed E-state index contributed by atoms with van der Waals surface area (Å²) < 4.78 is 6.78. The molecule has 0 atom stereocenters. The van der Waals surface area contributed by atoms with Crippen LogP contribution in [0.1, 0.15) is 16.7 Å². The maximum atomic E-state index is 6.78. The highest BCUT2D eigenvalue weighted by Crippen LogP contribution is 2.36. The Morgan fingerprint density at radius 3 is 1.50 bits per heavy atom. The molecule has 3 rings (SSSR count). The molecule has 0 bridgehead atoms. The zero-order valence-corrected chi connectivity index (χ0v) is 16.6. The SMILES string of the molecule is C[Si](C)(C)OC(C#Cc1ccccc1)(c1ccccc1)c1ccccc1. The maximum Gasteiger partial charge on any atom is 0.186 e. The molecule has 0 N–H and O–H groups in total. The van der Waals surface area contributed by atoms with Crippen LogP contribution in [0.4, 0.5) is 0 Å². The number of rotatable bonds is 4. The van der Waals surface area contributed by atoms with E-state index in [0.717, 1.165) is 16.7 Å². The fourth-order valence-corrected chi connectivity index (χ4v) is 4.15. The highest BCUT2D eigenvalue weighted by atomic mass is 28.4. The van der Waals surface area contributed by atoms with Crippen LogP contribution in [0.15, 0.2) is 91.0 Å². The Balaban J connectivity index is 2.23. The summed E-state index contributed by atoms with van der Waals surface area (Å²) in [5.41, 5.74) is 2.35. The second-order valence-corrected chi connectivity index (χ2v) is 11.7. The first-order valence-electron chi connectivity index (χ1n) is 8.89. The van der Waals surface area contributed by atoms with Gasteiger partial charge in [0.2, 0.25) is 0 Å². The molecular weight excluding hydrogens is 332 g/mol. The van der Waals surface area contributed by atoms with E-state index in [2.05, 4.69) is 55.7 Å². The fraction of sp³-hybridized carbons (Fsp3) is 0.167. The van der Waals surface area contributed by atoms with Gasteiger partial charge in [-0.05, 0) is 42.9 Å². The standard InChI is InChI=1S/C24H24OSi/c1-26(2,3)25-24(22-15-9-5-10-16-22,23-17-11-6-12-18-23)20-19-21-13-7-4-8-14-21/h4-18H,1-3H3. The Kier molecular flexibility index (Phi) is 5.42. The van der Waals surface area contributed by atoms with Crippen LogP contribution in [0.3, 0.4) is 0 Å². The van der Waals surface area contributed by atoms with Crippen molar-refractivity contribution in [2.75, 3.05) is 0 Å². The summed E-state index contributed by atoms with van der Waals surface area (Å²) in [6.45, 7) is 6.62. The van der Waals surface area contributed by atoms with Crippen LogP contribution < -0.4 is 0 Å². The lowest BCUT2D eigenvalue weighted by molar-refractivity contribution is 0.166. The summed E-state index contributed by atoms with van der Waals surface area (Å²) in [7, 11) is -1.90. The third-order valence-electron chi connectivity index (χ3n) is 3.98. The van der Waals surface area contributed by atoms with Crippen molar-refractivity contribution in [1.29, 1.82) is 0 Å². The van der Waals surface area contributed by atoms with Gasteiger partial charge in [-0.25, -0.2) is 0 Å². The molecule has 0 aliphatic carbocycles. The topological polar surface area (TPSA) is 9.23 Å². The van der Waals surface area contributed by atoms with E-state index < -0.39 is 13.9 Å². The van der Waals surface area contributed by atoms with Crippen molar-refractivity contribution >= 4 is 8.32 Å². The van der Waals surface area contributed by atoms with Crippen LogP contribution in [0.25, 0.3) is 0 Å². The third kappa shape index (κ3) is 4.32. The van der Waals surface area contributed by atoms with Gasteiger partial charge >= 0.3 is 0 Å². The van der Waals surface area contributed by atoms with Gasteiger partial charge in [-0.2, -0.15) is 0 Å². The first-order valence-corrected chi connectivity index (χ1v) is 12.3. The van der Waals surface area contributed by atoms with E-state index in [0.29, 0.717) is 0 Å². The molecule has 0 fully saturated rings. The molecule has 0 aliphatic rings. The summed E-state index contributed by atoms with van der Waals surface area (Å²) in [6, 6.07) is 30.7. The minimum absolute atomic E-state index is 0.775. The van der Waals surface area contributed by atoms with Gasteiger partial charge in [0.05, 0.1) is 0 Å². The van der Waals surface area contributed by atoms with Crippen molar-refractivity contribution in [3.8, 4) is 11.8 Å². The average Bonchev–Trinajstić information content (AvgIpc) is 2.66. The molecule has 3 aromatic carbocycles. The van der Waals surface area contributed by atoms with E-state index in [1.165, 1.54) is 0 Å². The Labute approximate surface area is 157 Å². The lowest BCUT2D eigenvalue weighted by atomic mass is 9.86. The molecule has 0 unspecified atom stereocenters. The van der Waals surface area contributed by atoms with E-state index in [9.17, 15) is 0 Å². The minimum atomic E-state index is -1.90. The normalized spacial score (nSPS) is 11.5. The van der Waals surface area contributed by atoms with Crippen molar-refractivity contribution in [2.24, 2.45) is 0 Å². The monoisotopic (exact) mass is 356 g/mol. The Morgan fingerprint density at radius 2 is 1.08 bits per heavy atom. The van der Waals surface area contributed by atoms with Gasteiger partial charge < -0.3 is 4.43 Å². The first-order chi connectivity index (χ1) is 12.5. The number of hydrogen-bond donors (Lipinski definition) is 0. The number of hydrogen-bond acceptors (Lipinski definition) is 1. The van der Waals surface area contributed by atoms with E-state index >= 15 is 0 Å². The summed E-state index contributed by atoms with van der Waals surface area (Å²) in [6.07, 6.45) is 0. The van der Waals surface area contributed by atoms with E-state index in [-0.39, 0.29) is 0 Å².